The van der Waals surface area contributed by atoms with E-state index in [1.807, 2.05) is 0 Å². The van der Waals surface area contributed by atoms with Crippen LogP contribution < -0.4 is 11.3 Å². The molecule has 0 saturated heterocycles. The molecule has 1 rings (SSSR count). The van der Waals surface area contributed by atoms with E-state index in [0.29, 0.717) is 0 Å². The van der Waals surface area contributed by atoms with Gasteiger partial charge >= 0.3 is 0 Å². The minimum atomic E-state index is -0.618. The van der Waals surface area contributed by atoms with Crippen molar-refractivity contribution in [1.29, 1.82) is 0 Å². The number of nitro benzene ring substituents is 1. The minimum Gasteiger partial charge on any atom is -0.317 e. The first-order chi connectivity index (χ1) is 6.06. The molecule has 0 aromatic heterocycles. The number of anilines is 1. The Bertz CT molecular complexity index is 356. The van der Waals surface area contributed by atoms with Crippen LogP contribution in [0.1, 0.15) is 0 Å². The van der Waals surface area contributed by atoms with Crippen molar-refractivity contribution in [3.05, 3.63) is 32.3 Å². The molecule has 5 nitrogen and oxygen atoms in total. The van der Waals surface area contributed by atoms with Crippen molar-refractivity contribution in [1.82, 2.24) is 0 Å². The monoisotopic (exact) mass is 221 g/mol. The molecule has 0 saturated carbocycles. The summed E-state index contributed by atoms with van der Waals surface area (Å²) in [5.41, 5.74) is 1.94. The number of nitrogens with zero attached hydrogens (tertiary/aromatic N) is 1. The fraction of sp³-hybridized carbons (Fsp3) is 0. The Balaban J connectivity index is 3.38. The van der Waals surface area contributed by atoms with Gasteiger partial charge in [-0.1, -0.05) is 23.2 Å². The Morgan fingerprint density at radius 3 is 2.54 bits per heavy atom. The number of hydrogen-bond acceptors (Lipinski definition) is 4. The molecule has 0 amide bonds. The van der Waals surface area contributed by atoms with Crippen LogP contribution in [-0.2, 0) is 0 Å². The quantitative estimate of drug-likeness (QED) is 0.456. The Hall–Kier alpha value is -1.04. The van der Waals surface area contributed by atoms with Crippen LogP contribution in [0.15, 0.2) is 12.1 Å². The number of hydrazine groups is 1. The number of hydrogen-bond donors (Lipinski definition) is 2. The molecular weight excluding hydrogens is 217 g/mol. The lowest BCUT2D eigenvalue weighted by molar-refractivity contribution is -0.383. The van der Waals surface area contributed by atoms with E-state index < -0.39 is 4.92 Å². The summed E-state index contributed by atoms with van der Waals surface area (Å²) in [6.07, 6.45) is 0. The van der Waals surface area contributed by atoms with E-state index in [9.17, 15) is 10.1 Å². The van der Waals surface area contributed by atoms with Crippen molar-refractivity contribution < 1.29 is 4.92 Å². The van der Waals surface area contributed by atoms with Gasteiger partial charge in [-0.05, 0) is 6.07 Å². The maximum Gasteiger partial charge on any atom is 0.296 e. The minimum absolute atomic E-state index is 0.0519. The second kappa shape index (κ2) is 3.78. The maximum absolute atomic E-state index is 10.5. The number of nitrogen functional groups attached to an aromatic ring is 1. The topological polar surface area (TPSA) is 81.2 Å². The molecule has 70 valence electrons. The molecular formula is C6H5Cl2N3O2. The van der Waals surface area contributed by atoms with Crippen molar-refractivity contribution in [3.63, 3.8) is 0 Å². The zero-order valence-corrected chi connectivity index (χ0v) is 7.76. The highest BCUT2D eigenvalue weighted by atomic mass is 35.5. The number of benzene rings is 1. The van der Waals surface area contributed by atoms with E-state index in [0.717, 1.165) is 0 Å². The average molecular weight is 222 g/mol. The second-order valence-electron chi connectivity index (χ2n) is 2.18. The lowest BCUT2D eigenvalue weighted by Crippen LogP contribution is -2.09. The first kappa shape index (κ1) is 10.0. The first-order valence-corrected chi connectivity index (χ1v) is 3.92. The van der Waals surface area contributed by atoms with Gasteiger partial charge in [-0.3, -0.25) is 16.0 Å². The van der Waals surface area contributed by atoms with Gasteiger partial charge in [-0.15, -0.1) is 0 Å². The van der Waals surface area contributed by atoms with E-state index in [2.05, 4.69) is 5.43 Å². The van der Waals surface area contributed by atoms with Crippen LogP contribution in [0.3, 0.4) is 0 Å². The van der Waals surface area contributed by atoms with Crippen LogP contribution in [0.5, 0.6) is 0 Å². The average Bonchev–Trinajstić information content (AvgIpc) is 2.02. The SMILES string of the molecule is NNc1c(Cl)cc(Cl)cc1[N+](=O)[O-]. The highest BCUT2D eigenvalue weighted by Gasteiger charge is 2.17. The summed E-state index contributed by atoms with van der Waals surface area (Å²) >= 11 is 11.2. The van der Waals surface area contributed by atoms with Crippen molar-refractivity contribution in [3.8, 4) is 0 Å². The number of nitro groups is 1. The summed E-state index contributed by atoms with van der Waals surface area (Å²) in [5, 5.41) is 10.8. The zero-order chi connectivity index (χ0) is 10.0. The van der Waals surface area contributed by atoms with Gasteiger partial charge in [0, 0.05) is 11.1 Å². The molecule has 0 heterocycles. The predicted molar refractivity (Wildman–Crippen MR) is 50.9 cm³/mol. The van der Waals surface area contributed by atoms with Gasteiger partial charge in [0.2, 0.25) is 0 Å². The molecule has 0 spiro atoms. The van der Waals surface area contributed by atoms with E-state index in [1.165, 1.54) is 12.1 Å². The van der Waals surface area contributed by atoms with E-state index in [-0.39, 0.29) is 21.4 Å². The molecule has 0 aliphatic heterocycles. The number of rotatable bonds is 2. The predicted octanol–water partition coefficient (Wildman–Crippen LogP) is 2.19. The summed E-state index contributed by atoms with van der Waals surface area (Å²) in [6, 6.07) is 2.54. The van der Waals surface area contributed by atoms with E-state index in [4.69, 9.17) is 29.0 Å². The van der Waals surface area contributed by atoms with Crippen LogP contribution in [0.25, 0.3) is 0 Å². The van der Waals surface area contributed by atoms with Gasteiger partial charge < -0.3 is 5.43 Å². The Morgan fingerprint density at radius 1 is 1.46 bits per heavy atom. The zero-order valence-electron chi connectivity index (χ0n) is 6.25. The summed E-state index contributed by atoms with van der Waals surface area (Å²) in [6.45, 7) is 0. The summed E-state index contributed by atoms with van der Waals surface area (Å²) < 4.78 is 0. The number of halogens is 2. The van der Waals surface area contributed by atoms with Gasteiger partial charge in [-0.2, -0.15) is 0 Å². The molecule has 13 heavy (non-hydrogen) atoms. The number of nitrogens with two attached hydrogens (primary N) is 1. The van der Waals surface area contributed by atoms with E-state index in [1.54, 1.807) is 0 Å². The highest BCUT2D eigenvalue weighted by molar-refractivity contribution is 6.37. The third kappa shape index (κ3) is 2.00. The number of nitrogens with one attached hydrogen (secondary N) is 1. The summed E-state index contributed by atoms with van der Waals surface area (Å²) in [7, 11) is 0. The largest absolute Gasteiger partial charge is 0.317 e. The molecule has 7 heteroatoms. The molecule has 1 aromatic rings. The van der Waals surface area contributed by atoms with Crippen LogP contribution in [0.2, 0.25) is 10.0 Å². The molecule has 0 aliphatic rings. The lowest BCUT2D eigenvalue weighted by Gasteiger charge is -2.04. The molecule has 0 aliphatic carbocycles. The Kier molecular flexibility index (Phi) is 2.92. The maximum atomic E-state index is 10.5. The standard InChI is InChI=1S/C6H5Cl2N3O2/c7-3-1-4(8)6(10-9)5(2-3)11(12)13/h1-2,10H,9H2. The summed E-state index contributed by atoms with van der Waals surface area (Å²) in [4.78, 5) is 9.86. The normalized spacial score (nSPS) is 9.77. The van der Waals surface area contributed by atoms with Crippen LogP contribution in [0.4, 0.5) is 11.4 Å². The first-order valence-electron chi connectivity index (χ1n) is 3.16. The van der Waals surface area contributed by atoms with E-state index >= 15 is 0 Å². The van der Waals surface area contributed by atoms with Gasteiger partial charge in [0.25, 0.3) is 5.69 Å². The van der Waals surface area contributed by atoms with Crippen molar-refractivity contribution in [2.24, 2.45) is 5.84 Å². The molecule has 1 aromatic carbocycles. The Morgan fingerprint density at radius 2 is 2.08 bits per heavy atom. The molecule has 0 bridgehead atoms. The second-order valence-corrected chi connectivity index (χ2v) is 3.03. The van der Waals surface area contributed by atoms with Gasteiger partial charge in [0.15, 0.2) is 0 Å². The third-order valence-electron chi connectivity index (χ3n) is 1.38. The van der Waals surface area contributed by atoms with Crippen molar-refractivity contribution in [2.45, 2.75) is 0 Å². The molecule has 0 fully saturated rings. The van der Waals surface area contributed by atoms with Gasteiger partial charge in [0.1, 0.15) is 5.69 Å². The fourth-order valence-electron chi connectivity index (χ4n) is 0.847. The van der Waals surface area contributed by atoms with Crippen LogP contribution in [0, 0.1) is 10.1 Å². The molecule has 0 radical (unpaired) electrons. The van der Waals surface area contributed by atoms with Gasteiger partial charge in [0.05, 0.1) is 9.95 Å². The lowest BCUT2D eigenvalue weighted by atomic mass is 10.3. The smallest absolute Gasteiger partial charge is 0.296 e. The summed E-state index contributed by atoms with van der Waals surface area (Å²) in [5.74, 6) is 5.06. The van der Waals surface area contributed by atoms with Crippen molar-refractivity contribution in [2.75, 3.05) is 5.43 Å². The Labute approximate surface area is 83.6 Å². The molecule has 0 atom stereocenters. The highest BCUT2D eigenvalue weighted by Crippen LogP contribution is 2.34. The molecule has 0 unspecified atom stereocenters. The van der Waals surface area contributed by atoms with Crippen LogP contribution >= 0.6 is 23.2 Å². The molecule has 3 N–H and O–H groups in total. The third-order valence-corrected chi connectivity index (χ3v) is 1.89. The fourth-order valence-corrected chi connectivity index (χ4v) is 1.38. The van der Waals surface area contributed by atoms with Gasteiger partial charge in [-0.25, -0.2) is 0 Å². The van der Waals surface area contributed by atoms with Crippen molar-refractivity contribution >= 4 is 34.6 Å². The van der Waals surface area contributed by atoms with Crippen LogP contribution in [-0.4, -0.2) is 4.92 Å².